The molecular formula is C9H10N2O2S. The van der Waals surface area contributed by atoms with Crippen molar-refractivity contribution in [1.82, 2.24) is 10.1 Å². The van der Waals surface area contributed by atoms with Crippen molar-refractivity contribution in [2.24, 2.45) is 0 Å². The van der Waals surface area contributed by atoms with E-state index in [2.05, 4.69) is 10.1 Å². The molecule has 2 heterocycles. The maximum atomic E-state index is 9.43. The molecule has 0 amide bonds. The van der Waals surface area contributed by atoms with Crippen LogP contribution in [0.5, 0.6) is 5.75 Å². The largest absolute Gasteiger partial charge is 0.506 e. The molecule has 0 bridgehead atoms. The van der Waals surface area contributed by atoms with E-state index in [1.165, 1.54) is 11.3 Å². The normalized spacial score (nSPS) is 11.1. The number of thiophene rings is 1. The van der Waals surface area contributed by atoms with Gasteiger partial charge in [-0.3, -0.25) is 0 Å². The number of hydrogen-bond acceptors (Lipinski definition) is 5. The van der Waals surface area contributed by atoms with Crippen LogP contribution >= 0.6 is 11.3 Å². The van der Waals surface area contributed by atoms with E-state index in [9.17, 15) is 5.11 Å². The van der Waals surface area contributed by atoms with E-state index in [1.54, 1.807) is 11.4 Å². The average molecular weight is 210 g/mol. The lowest BCUT2D eigenvalue weighted by Crippen LogP contribution is -1.88. The Labute approximate surface area is 85.2 Å². The summed E-state index contributed by atoms with van der Waals surface area (Å²) in [5.74, 6) is 1.47. The van der Waals surface area contributed by atoms with Crippen LogP contribution in [0.25, 0.3) is 10.8 Å². The van der Waals surface area contributed by atoms with Crippen molar-refractivity contribution in [2.45, 2.75) is 19.8 Å². The minimum atomic E-state index is 0.189. The quantitative estimate of drug-likeness (QED) is 0.827. The van der Waals surface area contributed by atoms with Crippen LogP contribution in [0.2, 0.25) is 0 Å². The van der Waals surface area contributed by atoms with Gasteiger partial charge in [-0.2, -0.15) is 4.98 Å². The number of aromatic nitrogens is 2. The highest BCUT2D eigenvalue weighted by molar-refractivity contribution is 7.13. The lowest BCUT2D eigenvalue weighted by molar-refractivity contribution is 0.416. The lowest BCUT2D eigenvalue weighted by Gasteiger charge is -1.92. The molecule has 2 aromatic rings. The van der Waals surface area contributed by atoms with Crippen LogP contribution in [0.3, 0.4) is 0 Å². The molecule has 0 aliphatic heterocycles. The van der Waals surface area contributed by atoms with Gasteiger partial charge in [0, 0.05) is 5.92 Å². The summed E-state index contributed by atoms with van der Waals surface area (Å²) in [6.07, 6.45) is 0. The van der Waals surface area contributed by atoms with Crippen LogP contribution in [-0.4, -0.2) is 15.2 Å². The Morgan fingerprint density at radius 1 is 1.50 bits per heavy atom. The second kappa shape index (κ2) is 3.42. The minimum Gasteiger partial charge on any atom is -0.506 e. The first-order chi connectivity index (χ1) is 6.68. The van der Waals surface area contributed by atoms with Gasteiger partial charge in [0.15, 0.2) is 5.82 Å². The molecule has 0 unspecified atom stereocenters. The number of aromatic hydroxyl groups is 1. The monoisotopic (exact) mass is 210 g/mol. The molecule has 4 nitrogen and oxygen atoms in total. The third kappa shape index (κ3) is 1.50. The Hall–Kier alpha value is -1.36. The smallest absolute Gasteiger partial charge is 0.271 e. The second-order valence-electron chi connectivity index (χ2n) is 3.25. The zero-order valence-corrected chi connectivity index (χ0v) is 8.71. The highest BCUT2D eigenvalue weighted by Crippen LogP contribution is 2.33. The first kappa shape index (κ1) is 9.21. The maximum absolute atomic E-state index is 9.43. The zero-order chi connectivity index (χ0) is 10.1. The first-order valence-corrected chi connectivity index (χ1v) is 5.17. The molecule has 14 heavy (non-hydrogen) atoms. The molecule has 74 valence electrons. The first-order valence-electron chi connectivity index (χ1n) is 4.29. The highest BCUT2D eigenvalue weighted by atomic mass is 32.1. The molecule has 0 fully saturated rings. The van der Waals surface area contributed by atoms with Crippen LogP contribution in [0.1, 0.15) is 25.6 Å². The van der Waals surface area contributed by atoms with Crippen molar-refractivity contribution < 1.29 is 9.63 Å². The fraction of sp³-hybridized carbons (Fsp3) is 0.333. The van der Waals surface area contributed by atoms with Gasteiger partial charge in [-0.1, -0.05) is 19.0 Å². The molecule has 0 saturated carbocycles. The van der Waals surface area contributed by atoms with Gasteiger partial charge in [0.2, 0.25) is 0 Å². The van der Waals surface area contributed by atoms with Gasteiger partial charge in [-0.05, 0) is 11.4 Å². The molecule has 2 aromatic heterocycles. The van der Waals surface area contributed by atoms with Crippen LogP contribution in [0.15, 0.2) is 16.0 Å². The summed E-state index contributed by atoms with van der Waals surface area (Å²) in [6.45, 7) is 3.98. The Kier molecular flexibility index (Phi) is 2.25. The van der Waals surface area contributed by atoms with Gasteiger partial charge < -0.3 is 9.63 Å². The van der Waals surface area contributed by atoms with Gasteiger partial charge in [0.05, 0.1) is 0 Å². The topological polar surface area (TPSA) is 59.2 Å². The highest BCUT2D eigenvalue weighted by Gasteiger charge is 2.15. The van der Waals surface area contributed by atoms with E-state index in [0.717, 1.165) is 0 Å². The summed E-state index contributed by atoms with van der Waals surface area (Å²) in [5.41, 5.74) is 0. The molecule has 5 heteroatoms. The van der Waals surface area contributed by atoms with Crippen LogP contribution < -0.4 is 0 Å². The van der Waals surface area contributed by atoms with Crippen molar-refractivity contribution >= 4 is 11.3 Å². The van der Waals surface area contributed by atoms with E-state index in [-0.39, 0.29) is 11.7 Å². The van der Waals surface area contributed by atoms with Crippen molar-refractivity contribution in [3.8, 4) is 16.5 Å². The van der Waals surface area contributed by atoms with Gasteiger partial charge in [-0.25, -0.2) is 0 Å². The molecule has 1 N–H and O–H groups in total. The van der Waals surface area contributed by atoms with Gasteiger partial charge >= 0.3 is 0 Å². The summed E-state index contributed by atoms with van der Waals surface area (Å²) in [4.78, 5) is 4.81. The molecule has 0 radical (unpaired) electrons. The van der Waals surface area contributed by atoms with Crippen molar-refractivity contribution in [1.29, 1.82) is 0 Å². The van der Waals surface area contributed by atoms with Crippen molar-refractivity contribution in [3.63, 3.8) is 0 Å². The SMILES string of the molecule is CC(C)c1noc(-c2sccc2O)n1. The molecule has 0 aliphatic carbocycles. The molecule has 0 saturated heterocycles. The third-order valence-corrected chi connectivity index (χ3v) is 2.69. The van der Waals surface area contributed by atoms with Gasteiger partial charge in [-0.15, -0.1) is 11.3 Å². The molecule has 0 spiro atoms. The fourth-order valence-electron chi connectivity index (χ4n) is 1.02. The van der Waals surface area contributed by atoms with E-state index in [0.29, 0.717) is 16.6 Å². The minimum absolute atomic E-state index is 0.189. The summed E-state index contributed by atoms with van der Waals surface area (Å²) in [7, 11) is 0. The van der Waals surface area contributed by atoms with E-state index in [4.69, 9.17) is 4.52 Å². The summed E-state index contributed by atoms with van der Waals surface area (Å²) in [6, 6.07) is 1.61. The summed E-state index contributed by atoms with van der Waals surface area (Å²) >= 11 is 1.38. The summed E-state index contributed by atoms with van der Waals surface area (Å²) in [5, 5.41) is 15.0. The fourth-order valence-corrected chi connectivity index (χ4v) is 1.73. The zero-order valence-electron chi connectivity index (χ0n) is 7.89. The predicted octanol–water partition coefficient (Wildman–Crippen LogP) is 2.63. The maximum Gasteiger partial charge on any atom is 0.271 e. The number of rotatable bonds is 2. The second-order valence-corrected chi connectivity index (χ2v) is 4.16. The molecular weight excluding hydrogens is 200 g/mol. The average Bonchev–Trinajstić information content (AvgIpc) is 2.71. The standard InChI is InChI=1S/C9H10N2O2S/c1-5(2)8-10-9(13-11-8)7-6(12)3-4-14-7/h3-5,12H,1-2H3. The molecule has 0 atom stereocenters. The van der Waals surface area contributed by atoms with Gasteiger partial charge in [0.1, 0.15) is 10.6 Å². The summed E-state index contributed by atoms with van der Waals surface area (Å²) < 4.78 is 5.04. The van der Waals surface area contributed by atoms with E-state index < -0.39 is 0 Å². The van der Waals surface area contributed by atoms with Gasteiger partial charge in [0.25, 0.3) is 5.89 Å². The third-order valence-electron chi connectivity index (χ3n) is 1.80. The van der Waals surface area contributed by atoms with E-state index >= 15 is 0 Å². The molecule has 2 rings (SSSR count). The van der Waals surface area contributed by atoms with E-state index in [1.807, 2.05) is 13.8 Å². The molecule has 0 aliphatic rings. The predicted molar refractivity (Wildman–Crippen MR) is 53.4 cm³/mol. The molecule has 0 aromatic carbocycles. The Balaban J connectivity index is 2.39. The van der Waals surface area contributed by atoms with Crippen LogP contribution in [0.4, 0.5) is 0 Å². The van der Waals surface area contributed by atoms with Crippen molar-refractivity contribution in [3.05, 3.63) is 17.3 Å². The Morgan fingerprint density at radius 3 is 2.79 bits per heavy atom. The Bertz CT molecular complexity index is 433. The van der Waals surface area contributed by atoms with Crippen molar-refractivity contribution in [2.75, 3.05) is 0 Å². The lowest BCUT2D eigenvalue weighted by atomic mass is 10.2. The number of hydrogen-bond donors (Lipinski definition) is 1. The van der Waals surface area contributed by atoms with Crippen LogP contribution in [0, 0.1) is 0 Å². The number of nitrogens with zero attached hydrogens (tertiary/aromatic N) is 2. The Morgan fingerprint density at radius 2 is 2.29 bits per heavy atom. The van der Waals surface area contributed by atoms with Crippen LogP contribution in [-0.2, 0) is 0 Å².